The van der Waals surface area contributed by atoms with Crippen molar-refractivity contribution in [3.63, 3.8) is 0 Å². The Morgan fingerprint density at radius 2 is 2.08 bits per heavy atom. The van der Waals surface area contributed by atoms with E-state index < -0.39 is 10.0 Å². The zero-order valence-electron chi connectivity index (χ0n) is 14.1. The molecule has 1 atom stereocenters. The summed E-state index contributed by atoms with van der Waals surface area (Å²) in [5, 5.41) is 3.27. The number of piperazine rings is 1. The standard InChI is InChI=1S/C16H25N3O4S/c1-3-23-14-4-6-15(7-5-14)24(21,22)18-9-8-16(20)19-11-10-17-13(2)12-19/h4-7,13,17-18H,3,8-12H2,1-2H3. The van der Waals surface area contributed by atoms with Gasteiger partial charge in [0.15, 0.2) is 0 Å². The fourth-order valence-corrected chi connectivity index (χ4v) is 3.61. The van der Waals surface area contributed by atoms with Crippen molar-refractivity contribution in [2.24, 2.45) is 0 Å². The Morgan fingerprint density at radius 3 is 2.71 bits per heavy atom. The summed E-state index contributed by atoms with van der Waals surface area (Å²) >= 11 is 0. The highest BCUT2D eigenvalue weighted by molar-refractivity contribution is 7.89. The van der Waals surface area contributed by atoms with Gasteiger partial charge in [0.25, 0.3) is 0 Å². The van der Waals surface area contributed by atoms with Crippen molar-refractivity contribution < 1.29 is 17.9 Å². The van der Waals surface area contributed by atoms with Gasteiger partial charge in [-0.05, 0) is 38.1 Å². The largest absolute Gasteiger partial charge is 0.494 e. The van der Waals surface area contributed by atoms with Crippen LogP contribution in [-0.4, -0.2) is 58.1 Å². The molecule has 1 aliphatic heterocycles. The highest BCUT2D eigenvalue weighted by atomic mass is 32.2. The van der Waals surface area contributed by atoms with E-state index in [2.05, 4.69) is 10.0 Å². The second kappa shape index (κ2) is 8.46. The van der Waals surface area contributed by atoms with Crippen LogP contribution in [0.1, 0.15) is 20.3 Å². The Labute approximate surface area is 143 Å². The summed E-state index contributed by atoms with van der Waals surface area (Å²) in [6.07, 6.45) is 0.156. The molecule has 1 heterocycles. The first-order valence-electron chi connectivity index (χ1n) is 8.16. The van der Waals surface area contributed by atoms with Gasteiger partial charge in [-0.2, -0.15) is 0 Å². The van der Waals surface area contributed by atoms with E-state index in [4.69, 9.17) is 4.74 Å². The number of rotatable bonds is 7. The van der Waals surface area contributed by atoms with E-state index in [1.807, 2.05) is 13.8 Å². The first-order valence-corrected chi connectivity index (χ1v) is 9.64. The molecule has 0 radical (unpaired) electrons. The number of nitrogens with one attached hydrogen (secondary N) is 2. The van der Waals surface area contributed by atoms with Crippen LogP contribution in [0.5, 0.6) is 5.75 Å². The third-order valence-corrected chi connectivity index (χ3v) is 5.27. The lowest BCUT2D eigenvalue weighted by Gasteiger charge is -2.32. The topological polar surface area (TPSA) is 87.7 Å². The molecule has 2 N–H and O–H groups in total. The Morgan fingerprint density at radius 1 is 1.38 bits per heavy atom. The number of benzene rings is 1. The summed E-state index contributed by atoms with van der Waals surface area (Å²) in [6.45, 7) is 6.59. The van der Waals surface area contributed by atoms with Crippen molar-refractivity contribution in [2.75, 3.05) is 32.8 Å². The number of hydrogen-bond donors (Lipinski definition) is 2. The lowest BCUT2D eigenvalue weighted by molar-refractivity contribution is -0.132. The molecule has 0 aliphatic carbocycles. The minimum atomic E-state index is -3.62. The Hall–Kier alpha value is -1.64. The second-order valence-corrected chi connectivity index (χ2v) is 7.51. The third-order valence-electron chi connectivity index (χ3n) is 3.80. The van der Waals surface area contributed by atoms with E-state index in [-0.39, 0.29) is 29.8 Å². The molecular formula is C16H25N3O4S. The van der Waals surface area contributed by atoms with Gasteiger partial charge >= 0.3 is 0 Å². The minimum absolute atomic E-state index is 0.0299. The predicted octanol–water partition coefficient (Wildman–Crippen LogP) is 0.574. The van der Waals surface area contributed by atoms with E-state index in [0.29, 0.717) is 25.4 Å². The fourth-order valence-electron chi connectivity index (χ4n) is 2.57. The zero-order valence-corrected chi connectivity index (χ0v) is 14.9. The molecule has 1 amide bonds. The summed E-state index contributed by atoms with van der Waals surface area (Å²) in [7, 11) is -3.62. The van der Waals surface area contributed by atoms with Gasteiger partial charge in [-0.3, -0.25) is 4.79 Å². The van der Waals surface area contributed by atoms with Gasteiger partial charge in [0.05, 0.1) is 11.5 Å². The van der Waals surface area contributed by atoms with E-state index >= 15 is 0 Å². The monoisotopic (exact) mass is 355 g/mol. The highest BCUT2D eigenvalue weighted by Gasteiger charge is 2.21. The predicted molar refractivity (Wildman–Crippen MR) is 91.5 cm³/mol. The van der Waals surface area contributed by atoms with E-state index in [9.17, 15) is 13.2 Å². The Bertz CT molecular complexity index is 646. The van der Waals surface area contributed by atoms with E-state index in [1.165, 1.54) is 12.1 Å². The molecule has 1 aliphatic rings. The van der Waals surface area contributed by atoms with Gasteiger partial charge in [-0.1, -0.05) is 0 Å². The Balaban J connectivity index is 1.84. The summed E-state index contributed by atoms with van der Waals surface area (Å²) < 4.78 is 32.2. The van der Waals surface area contributed by atoms with Crippen LogP contribution in [-0.2, 0) is 14.8 Å². The SMILES string of the molecule is CCOc1ccc(S(=O)(=O)NCCC(=O)N2CCNC(C)C2)cc1. The van der Waals surface area contributed by atoms with Crippen LogP contribution in [0.15, 0.2) is 29.2 Å². The summed E-state index contributed by atoms with van der Waals surface area (Å²) in [4.78, 5) is 14.1. The minimum Gasteiger partial charge on any atom is -0.494 e. The van der Waals surface area contributed by atoms with Crippen molar-refractivity contribution in [3.8, 4) is 5.75 Å². The Kier molecular flexibility index (Phi) is 6.59. The number of nitrogens with zero attached hydrogens (tertiary/aromatic N) is 1. The number of ether oxygens (including phenoxy) is 1. The van der Waals surface area contributed by atoms with Crippen LogP contribution in [0.2, 0.25) is 0 Å². The van der Waals surface area contributed by atoms with Crippen molar-refractivity contribution in [3.05, 3.63) is 24.3 Å². The third kappa shape index (κ3) is 5.19. The van der Waals surface area contributed by atoms with Crippen LogP contribution >= 0.6 is 0 Å². The van der Waals surface area contributed by atoms with Crippen molar-refractivity contribution in [1.82, 2.24) is 14.9 Å². The molecule has 1 aromatic rings. The maximum atomic E-state index is 12.2. The number of hydrogen-bond acceptors (Lipinski definition) is 5. The van der Waals surface area contributed by atoms with Gasteiger partial charge in [-0.15, -0.1) is 0 Å². The molecule has 0 saturated carbocycles. The average molecular weight is 355 g/mol. The first-order chi connectivity index (χ1) is 11.4. The number of amides is 1. The normalized spacial score (nSPS) is 18.4. The summed E-state index contributed by atoms with van der Waals surface area (Å²) in [5.74, 6) is 0.595. The molecule has 0 aromatic heterocycles. The molecule has 1 aromatic carbocycles. The van der Waals surface area contributed by atoms with Crippen LogP contribution < -0.4 is 14.8 Å². The van der Waals surface area contributed by atoms with Crippen molar-refractivity contribution in [1.29, 1.82) is 0 Å². The molecule has 134 valence electrons. The molecule has 0 spiro atoms. The highest BCUT2D eigenvalue weighted by Crippen LogP contribution is 2.15. The zero-order chi connectivity index (χ0) is 17.6. The molecule has 1 fully saturated rings. The second-order valence-electron chi connectivity index (χ2n) is 5.75. The lowest BCUT2D eigenvalue weighted by atomic mass is 10.2. The van der Waals surface area contributed by atoms with Gasteiger partial charge in [0.1, 0.15) is 5.75 Å². The number of carbonyl (C=O) groups excluding carboxylic acids is 1. The molecule has 8 heteroatoms. The first kappa shape index (κ1) is 18.7. The maximum absolute atomic E-state index is 12.2. The fraction of sp³-hybridized carbons (Fsp3) is 0.562. The maximum Gasteiger partial charge on any atom is 0.240 e. The molecule has 0 bridgehead atoms. The molecule has 7 nitrogen and oxygen atoms in total. The van der Waals surface area contributed by atoms with Crippen LogP contribution in [0.4, 0.5) is 0 Å². The molecule has 1 saturated heterocycles. The van der Waals surface area contributed by atoms with Gasteiger partial charge in [-0.25, -0.2) is 13.1 Å². The summed E-state index contributed by atoms with van der Waals surface area (Å²) in [5.41, 5.74) is 0. The lowest BCUT2D eigenvalue weighted by Crippen LogP contribution is -2.51. The van der Waals surface area contributed by atoms with Crippen LogP contribution in [0.3, 0.4) is 0 Å². The van der Waals surface area contributed by atoms with E-state index in [1.54, 1.807) is 17.0 Å². The van der Waals surface area contributed by atoms with Gasteiger partial charge in [0, 0.05) is 38.6 Å². The quantitative estimate of drug-likeness (QED) is 0.747. The molecule has 2 rings (SSSR count). The molecule has 1 unspecified atom stereocenters. The van der Waals surface area contributed by atoms with Gasteiger partial charge < -0.3 is 15.0 Å². The molecular weight excluding hydrogens is 330 g/mol. The van der Waals surface area contributed by atoms with Gasteiger partial charge in [0.2, 0.25) is 15.9 Å². The van der Waals surface area contributed by atoms with Crippen molar-refractivity contribution in [2.45, 2.75) is 31.2 Å². The number of carbonyl (C=O) groups is 1. The van der Waals surface area contributed by atoms with Crippen LogP contribution in [0, 0.1) is 0 Å². The molecule has 24 heavy (non-hydrogen) atoms. The number of sulfonamides is 1. The van der Waals surface area contributed by atoms with Crippen LogP contribution in [0.25, 0.3) is 0 Å². The van der Waals surface area contributed by atoms with Crippen molar-refractivity contribution >= 4 is 15.9 Å². The van der Waals surface area contributed by atoms with E-state index in [0.717, 1.165) is 6.54 Å². The smallest absolute Gasteiger partial charge is 0.240 e. The average Bonchev–Trinajstić information content (AvgIpc) is 2.55. The summed E-state index contributed by atoms with van der Waals surface area (Å²) in [6, 6.07) is 6.49.